The number of aryl methyl sites for hydroxylation is 1. The van der Waals surface area contributed by atoms with Gasteiger partial charge in [-0.3, -0.25) is 0 Å². The second kappa shape index (κ2) is 4.49. The summed E-state index contributed by atoms with van der Waals surface area (Å²) in [7, 11) is 0. The Morgan fingerprint density at radius 3 is 3.07 bits per heavy atom. The quantitative estimate of drug-likeness (QED) is 0.870. The summed E-state index contributed by atoms with van der Waals surface area (Å²) in [6.45, 7) is 0.787. The summed E-state index contributed by atoms with van der Waals surface area (Å²) in [5.41, 5.74) is 1.45. The lowest BCUT2D eigenvalue weighted by molar-refractivity contribution is 0.622. The van der Waals surface area contributed by atoms with E-state index in [-0.39, 0.29) is 5.82 Å². The Morgan fingerprint density at radius 2 is 2.33 bits per heavy atom. The standard InChI is InChI=1S/C9H9BrFN3S/c1-15-3-2-14-9-4-6(10)7(11)5-8(9)12-13-14/h4-5H,2-3H2,1H3. The van der Waals surface area contributed by atoms with Crippen LogP contribution in [-0.4, -0.2) is 27.0 Å². The van der Waals surface area contributed by atoms with Crippen LogP contribution in [-0.2, 0) is 6.54 Å². The van der Waals surface area contributed by atoms with Gasteiger partial charge in [0.05, 0.1) is 16.5 Å². The van der Waals surface area contributed by atoms with Crippen molar-refractivity contribution in [2.75, 3.05) is 12.0 Å². The molecule has 80 valence electrons. The predicted molar refractivity (Wildman–Crippen MR) is 63.6 cm³/mol. The molecule has 0 bridgehead atoms. The molecule has 0 atom stereocenters. The highest BCUT2D eigenvalue weighted by atomic mass is 79.9. The molecule has 2 rings (SSSR count). The SMILES string of the molecule is CSCCn1nnc2cc(F)c(Br)cc21. The van der Waals surface area contributed by atoms with Gasteiger partial charge in [0.15, 0.2) is 0 Å². The molecule has 0 unspecified atom stereocenters. The molecule has 0 N–H and O–H groups in total. The van der Waals surface area contributed by atoms with Crippen molar-refractivity contribution < 1.29 is 4.39 Å². The van der Waals surface area contributed by atoms with Gasteiger partial charge >= 0.3 is 0 Å². The smallest absolute Gasteiger partial charge is 0.139 e. The van der Waals surface area contributed by atoms with Crippen molar-refractivity contribution in [1.82, 2.24) is 15.0 Å². The largest absolute Gasteiger partial charge is 0.244 e. The maximum atomic E-state index is 13.2. The molecule has 0 fully saturated rings. The molecule has 1 heterocycles. The van der Waals surface area contributed by atoms with E-state index < -0.39 is 0 Å². The fraction of sp³-hybridized carbons (Fsp3) is 0.333. The highest BCUT2D eigenvalue weighted by molar-refractivity contribution is 9.10. The Kier molecular flexibility index (Phi) is 3.25. The van der Waals surface area contributed by atoms with Crippen LogP contribution in [0.5, 0.6) is 0 Å². The van der Waals surface area contributed by atoms with Crippen LogP contribution in [0.25, 0.3) is 11.0 Å². The van der Waals surface area contributed by atoms with E-state index in [1.54, 1.807) is 22.5 Å². The zero-order valence-electron chi connectivity index (χ0n) is 8.07. The molecule has 3 nitrogen and oxygen atoms in total. The molecule has 1 aromatic carbocycles. The number of thioether (sulfide) groups is 1. The Morgan fingerprint density at radius 1 is 1.53 bits per heavy atom. The third kappa shape index (κ3) is 2.15. The molecule has 0 saturated carbocycles. The molecule has 0 saturated heterocycles. The Balaban J connectivity index is 2.45. The minimum absolute atomic E-state index is 0.306. The van der Waals surface area contributed by atoms with Gasteiger partial charge in [0.1, 0.15) is 11.3 Å². The van der Waals surface area contributed by atoms with Crippen molar-refractivity contribution in [3.8, 4) is 0 Å². The highest BCUT2D eigenvalue weighted by Crippen LogP contribution is 2.21. The van der Waals surface area contributed by atoms with Gasteiger partial charge in [-0.25, -0.2) is 9.07 Å². The minimum Gasteiger partial charge on any atom is -0.244 e. The first-order valence-electron chi connectivity index (χ1n) is 4.39. The summed E-state index contributed by atoms with van der Waals surface area (Å²) in [4.78, 5) is 0. The number of halogens is 2. The van der Waals surface area contributed by atoms with E-state index in [0.717, 1.165) is 17.8 Å². The summed E-state index contributed by atoms with van der Waals surface area (Å²) < 4.78 is 15.4. The van der Waals surface area contributed by atoms with Crippen molar-refractivity contribution in [2.24, 2.45) is 0 Å². The maximum absolute atomic E-state index is 13.2. The summed E-state index contributed by atoms with van der Waals surface area (Å²) >= 11 is 4.90. The monoisotopic (exact) mass is 289 g/mol. The lowest BCUT2D eigenvalue weighted by atomic mass is 10.3. The summed E-state index contributed by atoms with van der Waals surface area (Å²) in [6.07, 6.45) is 2.04. The normalized spacial score (nSPS) is 11.1. The third-order valence-electron chi connectivity index (χ3n) is 2.06. The lowest BCUT2D eigenvalue weighted by Gasteiger charge is -2.00. The van der Waals surface area contributed by atoms with Gasteiger partial charge in [-0.2, -0.15) is 11.8 Å². The molecule has 0 amide bonds. The van der Waals surface area contributed by atoms with Crippen LogP contribution in [0.1, 0.15) is 0 Å². The highest BCUT2D eigenvalue weighted by Gasteiger charge is 2.08. The van der Waals surface area contributed by atoms with Gasteiger partial charge in [-0.15, -0.1) is 5.10 Å². The van der Waals surface area contributed by atoms with E-state index in [0.29, 0.717) is 9.99 Å². The Labute approximate surface area is 99.2 Å². The van der Waals surface area contributed by atoms with E-state index in [1.165, 1.54) is 6.07 Å². The molecule has 2 aromatic rings. The molecule has 0 aliphatic rings. The first kappa shape index (κ1) is 10.9. The number of hydrogen-bond acceptors (Lipinski definition) is 3. The van der Waals surface area contributed by atoms with Crippen LogP contribution in [0.2, 0.25) is 0 Å². The first-order chi connectivity index (χ1) is 7.22. The zero-order valence-corrected chi connectivity index (χ0v) is 10.5. The molecule has 15 heavy (non-hydrogen) atoms. The zero-order chi connectivity index (χ0) is 10.8. The molecule has 6 heteroatoms. The number of fused-ring (bicyclic) bond motifs is 1. The number of benzene rings is 1. The molecular weight excluding hydrogens is 281 g/mol. The molecule has 0 aliphatic heterocycles. The van der Waals surface area contributed by atoms with Crippen molar-refractivity contribution in [3.63, 3.8) is 0 Å². The van der Waals surface area contributed by atoms with Crippen molar-refractivity contribution in [3.05, 3.63) is 22.4 Å². The van der Waals surface area contributed by atoms with Crippen LogP contribution in [0.4, 0.5) is 4.39 Å². The van der Waals surface area contributed by atoms with Crippen LogP contribution >= 0.6 is 27.7 Å². The van der Waals surface area contributed by atoms with E-state index >= 15 is 0 Å². The van der Waals surface area contributed by atoms with Gasteiger partial charge < -0.3 is 0 Å². The number of rotatable bonds is 3. The Bertz CT molecular complexity index is 485. The predicted octanol–water partition coefficient (Wildman–Crippen LogP) is 2.70. The molecule has 1 aromatic heterocycles. The second-order valence-corrected chi connectivity index (χ2v) is 4.90. The minimum atomic E-state index is -0.306. The molecule has 0 spiro atoms. The maximum Gasteiger partial charge on any atom is 0.139 e. The molecule has 0 radical (unpaired) electrons. The first-order valence-corrected chi connectivity index (χ1v) is 6.58. The third-order valence-corrected chi connectivity index (χ3v) is 3.26. The summed E-state index contributed by atoms with van der Waals surface area (Å²) in [6, 6.07) is 3.10. The molecule has 0 aliphatic carbocycles. The van der Waals surface area contributed by atoms with Crippen LogP contribution in [0.15, 0.2) is 16.6 Å². The van der Waals surface area contributed by atoms with Gasteiger partial charge in [0, 0.05) is 11.8 Å². The van der Waals surface area contributed by atoms with Gasteiger partial charge in [-0.05, 0) is 28.3 Å². The number of hydrogen-bond donors (Lipinski definition) is 0. The average Bonchev–Trinajstić information content (AvgIpc) is 2.59. The number of nitrogens with zero attached hydrogens (tertiary/aromatic N) is 3. The number of aromatic nitrogens is 3. The van der Waals surface area contributed by atoms with Crippen LogP contribution in [0.3, 0.4) is 0 Å². The lowest BCUT2D eigenvalue weighted by Crippen LogP contribution is -2.02. The topological polar surface area (TPSA) is 30.7 Å². The van der Waals surface area contributed by atoms with Crippen molar-refractivity contribution in [2.45, 2.75) is 6.54 Å². The van der Waals surface area contributed by atoms with Gasteiger partial charge in [0.25, 0.3) is 0 Å². The van der Waals surface area contributed by atoms with E-state index in [2.05, 4.69) is 26.2 Å². The van der Waals surface area contributed by atoms with E-state index in [9.17, 15) is 4.39 Å². The fourth-order valence-corrected chi connectivity index (χ4v) is 1.99. The van der Waals surface area contributed by atoms with E-state index in [1.807, 2.05) is 6.26 Å². The molecular formula is C9H9BrFN3S. The van der Waals surface area contributed by atoms with Crippen molar-refractivity contribution >= 4 is 38.7 Å². The van der Waals surface area contributed by atoms with Crippen LogP contribution in [0, 0.1) is 5.82 Å². The Hall–Kier alpha value is -0.620. The average molecular weight is 290 g/mol. The summed E-state index contributed by atoms with van der Waals surface area (Å²) in [5, 5.41) is 7.90. The van der Waals surface area contributed by atoms with Gasteiger partial charge in [-0.1, -0.05) is 5.21 Å². The second-order valence-electron chi connectivity index (χ2n) is 3.06. The van der Waals surface area contributed by atoms with Gasteiger partial charge in [0.2, 0.25) is 0 Å². The fourth-order valence-electron chi connectivity index (χ4n) is 1.31. The summed E-state index contributed by atoms with van der Waals surface area (Å²) in [5.74, 6) is 0.660. The van der Waals surface area contributed by atoms with Crippen molar-refractivity contribution in [1.29, 1.82) is 0 Å². The van der Waals surface area contributed by atoms with Crippen LogP contribution < -0.4 is 0 Å². The van der Waals surface area contributed by atoms with E-state index in [4.69, 9.17) is 0 Å².